The zero-order valence-corrected chi connectivity index (χ0v) is 16.9. The minimum Gasteiger partial charge on any atom is -0.457 e. The fraction of sp³-hybridized carbons (Fsp3) is 0. The van der Waals surface area contributed by atoms with Crippen LogP contribution >= 0.6 is 27.5 Å². The number of rotatable bonds is 5. The van der Waals surface area contributed by atoms with Gasteiger partial charge in [-0.25, -0.2) is 0 Å². The number of hydrogen-bond donors (Lipinski definition) is 1. The van der Waals surface area contributed by atoms with Gasteiger partial charge in [0.2, 0.25) is 0 Å². The van der Waals surface area contributed by atoms with Gasteiger partial charge in [0.05, 0.1) is 15.6 Å². The van der Waals surface area contributed by atoms with Crippen LogP contribution < -0.4 is 5.32 Å². The number of carbonyl (C=O) groups excluding carboxylic acids is 1. The molecule has 1 N–H and O–H groups in total. The molecule has 1 aromatic heterocycles. The molecular formula is C20H11BrClN3O4. The monoisotopic (exact) mass is 471 g/mol. The maximum atomic E-state index is 12.4. The summed E-state index contributed by atoms with van der Waals surface area (Å²) < 4.78 is 6.62. The van der Waals surface area contributed by atoms with Crippen molar-refractivity contribution in [3.05, 3.63) is 85.5 Å². The van der Waals surface area contributed by atoms with Crippen molar-refractivity contribution in [1.82, 2.24) is 0 Å². The third-order valence-electron chi connectivity index (χ3n) is 3.82. The van der Waals surface area contributed by atoms with Crippen LogP contribution in [0, 0.1) is 21.4 Å². The Balaban J connectivity index is 1.80. The molecule has 0 saturated heterocycles. The third kappa shape index (κ3) is 4.90. The molecule has 0 fully saturated rings. The first-order valence-corrected chi connectivity index (χ1v) is 9.27. The van der Waals surface area contributed by atoms with Crippen LogP contribution in [0.2, 0.25) is 5.02 Å². The number of halogens is 2. The smallest absolute Gasteiger partial charge is 0.271 e. The third-order valence-corrected chi connectivity index (χ3v) is 4.66. The molecule has 7 nitrogen and oxygen atoms in total. The average Bonchev–Trinajstić information content (AvgIpc) is 3.16. The van der Waals surface area contributed by atoms with E-state index < -0.39 is 10.8 Å². The van der Waals surface area contributed by atoms with Crippen LogP contribution in [0.4, 0.5) is 11.4 Å². The van der Waals surface area contributed by atoms with E-state index in [2.05, 4.69) is 21.2 Å². The second kappa shape index (κ2) is 8.73. The molecule has 0 aliphatic heterocycles. The van der Waals surface area contributed by atoms with Crippen molar-refractivity contribution in [2.75, 3.05) is 5.32 Å². The number of hydrogen-bond acceptors (Lipinski definition) is 5. The lowest BCUT2D eigenvalue weighted by Crippen LogP contribution is -2.13. The molecule has 0 spiro atoms. The maximum Gasteiger partial charge on any atom is 0.271 e. The Hall–Kier alpha value is -3.41. The molecule has 0 radical (unpaired) electrons. The van der Waals surface area contributed by atoms with E-state index in [1.165, 1.54) is 18.2 Å². The normalized spacial score (nSPS) is 11.0. The molecule has 0 aliphatic rings. The van der Waals surface area contributed by atoms with Crippen LogP contribution in [-0.4, -0.2) is 10.8 Å². The highest BCUT2D eigenvalue weighted by atomic mass is 79.9. The lowest BCUT2D eigenvalue weighted by atomic mass is 10.2. The molecule has 2 aromatic carbocycles. The Morgan fingerprint density at radius 1 is 1.21 bits per heavy atom. The van der Waals surface area contributed by atoms with Gasteiger partial charge in [-0.1, -0.05) is 39.7 Å². The van der Waals surface area contributed by atoms with Gasteiger partial charge in [-0.3, -0.25) is 14.9 Å². The van der Waals surface area contributed by atoms with Gasteiger partial charge in [0.15, 0.2) is 0 Å². The highest BCUT2D eigenvalue weighted by molar-refractivity contribution is 9.10. The SMILES string of the molecule is N#C/C(=C\c1ccc(-c2ccc(Br)cc2)o1)C(=O)Nc1ccc([N+](=O)[O-])cc1Cl. The molecule has 9 heteroatoms. The van der Waals surface area contributed by atoms with Gasteiger partial charge in [-0.05, 0) is 30.3 Å². The number of nitriles is 1. The molecule has 1 amide bonds. The van der Waals surface area contributed by atoms with Crippen LogP contribution in [0.25, 0.3) is 17.4 Å². The lowest BCUT2D eigenvalue weighted by molar-refractivity contribution is -0.384. The van der Waals surface area contributed by atoms with E-state index in [0.717, 1.165) is 16.1 Å². The van der Waals surface area contributed by atoms with Crippen molar-refractivity contribution >= 4 is 50.9 Å². The number of furan rings is 1. The first-order valence-electron chi connectivity index (χ1n) is 8.10. The number of benzene rings is 2. The molecule has 0 bridgehead atoms. The van der Waals surface area contributed by atoms with Crippen molar-refractivity contribution in [3.8, 4) is 17.4 Å². The van der Waals surface area contributed by atoms with E-state index in [0.29, 0.717) is 11.5 Å². The fourth-order valence-electron chi connectivity index (χ4n) is 2.40. The van der Waals surface area contributed by atoms with Crippen molar-refractivity contribution in [3.63, 3.8) is 0 Å². The predicted octanol–water partition coefficient (Wildman–Crippen LogP) is 5.82. The van der Waals surface area contributed by atoms with E-state index in [9.17, 15) is 20.2 Å². The topological polar surface area (TPSA) is 109 Å². The summed E-state index contributed by atoms with van der Waals surface area (Å²) in [6.07, 6.45) is 1.30. The Labute approximate surface area is 178 Å². The summed E-state index contributed by atoms with van der Waals surface area (Å²) in [5, 5.41) is 22.5. The molecule has 0 atom stereocenters. The number of nitro benzene ring substituents is 1. The van der Waals surface area contributed by atoms with Gasteiger partial charge in [0.25, 0.3) is 11.6 Å². The fourth-order valence-corrected chi connectivity index (χ4v) is 2.89. The van der Waals surface area contributed by atoms with Crippen LogP contribution in [0.1, 0.15) is 5.76 Å². The molecular weight excluding hydrogens is 462 g/mol. The molecule has 29 heavy (non-hydrogen) atoms. The first kappa shape index (κ1) is 20.3. The number of nitrogens with zero attached hydrogens (tertiary/aromatic N) is 2. The molecule has 144 valence electrons. The average molecular weight is 473 g/mol. The number of nitrogens with one attached hydrogen (secondary N) is 1. The number of nitro groups is 1. The molecule has 3 rings (SSSR count). The Morgan fingerprint density at radius 3 is 2.55 bits per heavy atom. The predicted molar refractivity (Wildman–Crippen MR) is 112 cm³/mol. The van der Waals surface area contributed by atoms with E-state index in [-0.39, 0.29) is 22.0 Å². The molecule has 0 saturated carbocycles. The standard InChI is InChI=1S/C20H11BrClN3O4/c21-14-3-1-12(2-4-14)19-8-6-16(29-19)9-13(11-23)20(26)24-18-7-5-15(25(27)28)10-17(18)22/h1-10H,(H,24,26)/b13-9+. The minimum absolute atomic E-state index is 0.0136. The summed E-state index contributed by atoms with van der Waals surface area (Å²) in [6.45, 7) is 0. The lowest BCUT2D eigenvalue weighted by Gasteiger charge is -2.06. The van der Waals surface area contributed by atoms with Crippen molar-refractivity contribution in [2.24, 2.45) is 0 Å². The molecule has 0 aliphatic carbocycles. The summed E-state index contributed by atoms with van der Waals surface area (Å²) in [5.74, 6) is 0.189. The van der Waals surface area contributed by atoms with E-state index in [1.54, 1.807) is 12.1 Å². The minimum atomic E-state index is -0.718. The molecule has 3 aromatic rings. The summed E-state index contributed by atoms with van der Waals surface area (Å²) >= 11 is 9.33. The molecule has 0 unspecified atom stereocenters. The zero-order valence-electron chi connectivity index (χ0n) is 14.6. The van der Waals surface area contributed by atoms with Gasteiger partial charge in [-0.2, -0.15) is 5.26 Å². The van der Waals surface area contributed by atoms with Crippen molar-refractivity contribution in [2.45, 2.75) is 0 Å². The maximum absolute atomic E-state index is 12.4. The van der Waals surface area contributed by atoms with Crippen LogP contribution in [0.3, 0.4) is 0 Å². The van der Waals surface area contributed by atoms with Crippen LogP contribution in [0.5, 0.6) is 0 Å². The summed E-state index contributed by atoms with van der Waals surface area (Å²) in [6, 6.07) is 16.3. The molecule has 1 heterocycles. The van der Waals surface area contributed by atoms with Gasteiger partial charge in [0.1, 0.15) is 23.2 Å². The van der Waals surface area contributed by atoms with E-state index in [4.69, 9.17) is 16.0 Å². The quantitative estimate of drug-likeness (QED) is 0.218. The highest BCUT2D eigenvalue weighted by Gasteiger charge is 2.15. The van der Waals surface area contributed by atoms with Gasteiger partial charge in [-0.15, -0.1) is 0 Å². The number of anilines is 1. The second-order valence-corrected chi connectivity index (χ2v) is 7.08. The summed E-state index contributed by atoms with van der Waals surface area (Å²) in [7, 11) is 0. The Bertz CT molecular complexity index is 1160. The Kier molecular flexibility index (Phi) is 6.12. The van der Waals surface area contributed by atoms with Crippen LogP contribution in [-0.2, 0) is 4.79 Å². The zero-order chi connectivity index (χ0) is 21.0. The summed E-state index contributed by atoms with van der Waals surface area (Å²) in [5.41, 5.74) is 0.572. The van der Waals surface area contributed by atoms with Crippen molar-refractivity contribution < 1.29 is 14.1 Å². The van der Waals surface area contributed by atoms with Gasteiger partial charge >= 0.3 is 0 Å². The van der Waals surface area contributed by atoms with E-state index in [1.807, 2.05) is 30.3 Å². The van der Waals surface area contributed by atoms with Gasteiger partial charge < -0.3 is 9.73 Å². The second-order valence-electron chi connectivity index (χ2n) is 5.75. The number of amides is 1. The van der Waals surface area contributed by atoms with Crippen LogP contribution in [0.15, 0.2) is 69.1 Å². The Morgan fingerprint density at radius 2 is 1.93 bits per heavy atom. The van der Waals surface area contributed by atoms with Gasteiger partial charge in [0, 0.05) is 28.2 Å². The highest BCUT2D eigenvalue weighted by Crippen LogP contribution is 2.28. The number of carbonyl (C=O) groups is 1. The summed E-state index contributed by atoms with van der Waals surface area (Å²) in [4.78, 5) is 22.6. The van der Waals surface area contributed by atoms with E-state index >= 15 is 0 Å². The number of non-ortho nitro benzene ring substituents is 1. The largest absolute Gasteiger partial charge is 0.457 e. The van der Waals surface area contributed by atoms with Crippen molar-refractivity contribution in [1.29, 1.82) is 5.26 Å². The first-order chi connectivity index (χ1) is 13.9.